The third-order valence-electron chi connectivity index (χ3n) is 2.69. The highest BCUT2D eigenvalue weighted by molar-refractivity contribution is 6.34. The predicted octanol–water partition coefficient (Wildman–Crippen LogP) is 2.00. The van der Waals surface area contributed by atoms with Crippen LogP contribution in [0.4, 0.5) is 0 Å². The van der Waals surface area contributed by atoms with Crippen LogP contribution < -0.4 is 0 Å². The summed E-state index contributed by atoms with van der Waals surface area (Å²) >= 11 is 0. The van der Waals surface area contributed by atoms with Crippen molar-refractivity contribution >= 4 is 11.8 Å². The highest BCUT2D eigenvalue weighted by Crippen LogP contribution is 2.06. The van der Waals surface area contributed by atoms with E-state index >= 15 is 0 Å². The van der Waals surface area contributed by atoms with Crippen LogP contribution in [0.1, 0.15) is 41.5 Å². The first kappa shape index (κ1) is 16.9. The van der Waals surface area contributed by atoms with Gasteiger partial charge < -0.3 is 9.80 Å². The summed E-state index contributed by atoms with van der Waals surface area (Å²) < 4.78 is 0. The van der Waals surface area contributed by atoms with Crippen LogP contribution in [0.2, 0.25) is 0 Å². The van der Waals surface area contributed by atoms with E-state index in [1.54, 1.807) is 9.80 Å². The van der Waals surface area contributed by atoms with Crippen molar-refractivity contribution in [1.82, 2.24) is 9.80 Å². The molecule has 0 aliphatic carbocycles. The van der Waals surface area contributed by atoms with E-state index in [-0.39, 0.29) is 11.8 Å². The fourth-order valence-corrected chi connectivity index (χ4v) is 1.90. The van der Waals surface area contributed by atoms with E-state index in [0.29, 0.717) is 38.0 Å². The SMILES string of the molecule is CCN(CC)C(=O)C(=O)N(CC(C)C)CC(C)C. The maximum Gasteiger partial charge on any atom is 0.312 e. The molecule has 0 heterocycles. The molecule has 4 heteroatoms. The molecule has 0 aliphatic heterocycles. The summed E-state index contributed by atoms with van der Waals surface area (Å²) in [4.78, 5) is 27.5. The minimum absolute atomic E-state index is 0.360. The molecule has 0 rings (SSSR count). The lowest BCUT2D eigenvalue weighted by atomic mass is 10.1. The van der Waals surface area contributed by atoms with Gasteiger partial charge in [-0.15, -0.1) is 0 Å². The van der Waals surface area contributed by atoms with Gasteiger partial charge in [-0.05, 0) is 25.7 Å². The lowest BCUT2D eigenvalue weighted by Gasteiger charge is -2.28. The Morgan fingerprint density at radius 1 is 0.778 bits per heavy atom. The highest BCUT2D eigenvalue weighted by atomic mass is 16.2. The summed E-state index contributed by atoms with van der Waals surface area (Å²) in [5.41, 5.74) is 0. The molecule has 0 aliphatic rings. The second kappa shape index (κ2) is 8.11. The zero-order chi connectivity index (χ0) is 14.3. The third kappa shape index (κ3) is 5.52. The van der Waals surface area contributed by atoms with Gasteiger partial charge in [0.2, 0.25) is 0 Å². The minimum Gasteiger partial charge on any atom is -0.335 e. The van der Waals surface area contributed by atoms with Gasteiger partial charge in [-0.2, -0.15) is 0 Å². The predicted molar refractivity (Wildman–Crippen MR) is 74.2 cm³/mol. The maximum absolute atomic E-state index is 12.2. The van der Waals surface area contributed by atoms with Gasteiger partial charge in [-0.1, -0.05) is 27.7 Å². The fraction of sp³-hybridized carbons (Fsp3) is 0.857. The smallest absolute Gasteiger partial charge is 0.312 e. The summed E-state index contributed by atoms with van der Waals surface area (Å²) in [5.74, 6) is 0.0109. The van der Waals surface area contributed by atoms with Gasteiger partial charge in [0.25, 0.3) is 0 Å². The zero-order valence-corrected chi connectivity index (χ0v) is 12.7. The molecule has 0 aromatic carbocycles. The van der Waals surface area contributed by atoms with Crippen LogP contribution in [0.3, 0.4) is 0 Å². The monoisotopic (exact) mass is 256 g/mol. The number of hydrogen-bond donors (Lipinski definition) is 0. The van der Waals surface area contributed by atoms with Gasteiger partial charge >= 0.3 is 11.8 Å². The summed E-state index contributed by atoms with van der Waals surface area (Å²) in [7, 11) is 0. The molecule has 18 heavy (non-hydrogen) atoms. The number of carbonyl (C=O) groups is 2. The molecule has 0 aromatic rings. The molecule has 2 amide bonds. The van der Waals surface area contributed by atoms with Gasteiger partial charge in [-0.3, -0.25) is 9.59 Å². The first-order valence-corrected chi connectivity index (χ1v) is 6.91. The topological polar surface area (TPSA) is 40.6 Å². The lowest BCUT2D eigenvalue weighted by molar-refractivity contribution is -0.152. The second-order valence-electron chi connectivity index (χ2n) is 5.48. The van der Waals surface area contributed by atoms with Crippen molar-refractivity contribution in [1.29, 1.82) is 0 Å². The van der Waals surface area contributed by atoms with Crippen LogP contribution >= 0.6 is 0 Å². The van der Waals surface area contributed by atoms with Crippen molar-refractivity contribution in [3.8, 4) is 0 Å². The minimum atomic E-state index is -0.374. The van der Waals surface area contributed by atoms with Crippen molar-refractivity contribution in [2.24, 2.45) is 11.8 Å². The lowest BCUT2D eigenvalue weighted by Crippen LogP contribution is -2.47. The Bertz CT molecular complexity index is 261. The van der Waals surface area contributed by atoms with E-state index in [1.165, 1.54) is 0 Å². The van der Waals surface area contributed by atoms with Gasteiger partial charge in [0.1, 0.15) is 0 Å². The molecule has 0 fully saturated rings. The second-order valence-corrected chi connectivity index (χ2v) is 5.48. The first-order chi connectivity index (χ1) is 8.33. The van der Waals surface area contributed by atoms with Crippen molar-refractivity contribution < 1.29 is 9.59 Å². The van der Waals surface area contributed by atoms with Crippen molar-refractivity contribution in [3.63, 3.8) is 0 Å². The number of carbonyl (C=O) groups excluding carboxylic acids is 2. The van der Waals surface area contributed by atoms with Crippen LogP contribution in [0, 0.1) is 11.8 Å². The number of hydrogen-bond acceptors (Lipinski definition) is 2. The van der Waals surface area contributed by atoms with E-state index in [0.717, 1.165) is 0 Å². The van der Waals surface area contributed by atoms with E-state index in [9.17, 15) is 9.59 Å². The molecule has 4 nitrogen and oxygen atoms in total. The van der Waals surface area contributed by atoms with Crippen molar-refractivity contribution in [2.75, 3.05) is 26.2 Å². The van der Waals surface area contributed by atoms with Crippen molar-refractivity contribution in [2.45, 2.75) is 41.5 Å². The van der Waals surface area contributed by atoms with E-state index < -0.39 is 0 Å². The number of rotatable bonds is 6. The Morgan fingerprint density at radius 3 is 1.39 bits per heavy atom. The molecule has 0 spiro atoms. The number of nitrogens with zero attached hydrogens (tertiary/aromatic N) is 2. The standard InChI is InChI=1S/C14H28N2O2/c1-7-15(8-2)13(17)14(18)16(9-11(3)4)10-12(5)6/h11-12H,7-10H2,1-6H3. The molecule has 0 aromatic heterocycles. The number of likely N-dealkylation sites (N-methyl/N-ethyl adjacent to an activating group) is 1. The largest absolute Gasteiger partial charge is 0.335 e. The quantitative estimate of drug-likeness (QED) is 0.682. The molecule has 0 atom stereocenters. The number of amides is 2. The van der Waals surface area contributed by atoms with E-state index in [1.807, 2.05) is 13.8 Å². The summed E-state index contributed by atoms with van der Waals surface area (Å²) in [6, 6.07) is 0. The molecule has 0 saturated carbocycles. The molecular weight excluding hydrogens is 228 g/mol. The Labute approximate surface area is 111 Å². The van der Waals surface area contributed by atoms with Crippen molar-refractivity contribution in [3.05, 3.63) is 0 Å². The zero-order valence-electron chi connectivity index (χ0n) is 12.7. The van der Waals surface area contributed by atoms with E-state index in [2.05, 4.69) is 27.7 Å². The molecular formula is C14H28N2O2. The van der Waals surface area contributed by atoms with Gasteiger partial charge in [0.15, 0.2) is 0 Å². The highest BCUT2D eigenvalue weighted by Gasteiger charge is 2.26. The Morgan fingerprint density at radius 2 is 1.11 bits per heavy atom. The van der Waals surface area contributed by atoms with Crippen LogP contribution in [-0.4, -0.2) is 47.8 Å². The Hall–Kier alpha value is -1.06. The van der Waals surface area contributed by atoms with Crippen LogP contribution in [-0.2, 0) is 9.59 Å². The Balaban J connectivity index is 4.77. The molecule has 0 N–H and O–H groups in total. The summed E-state index contributed by atoms with van der Waals surface area (Å²) in [6.07, 6.45) is 0. The first-order valence-electron chi connectivity index (χ1n) is 6.91. The Kier molecular flexibility index (Phi) is 7.64. The molecule has 0 bridgehead atoms. The average Bonchev–Trinajstić information content (AvgIpc) is 2.27. The van der Waals surface area contributed by atoms with Gasteiger partial charge in [0.05, 0.1) is 0 Å². The molecule has 0 radical (unpaired) electrons. The summed E-state index contributed by atoms with van der Waals surface area (Å²) in [5, 5.41) is 0. The maximum atomic E-state index is 12.2. The molecule has 106 valence electrons. The van der Waals surface area contributed by atoms with Crippen LogP contribution in [0.5, 0.6) is 0 Å². The average molecular weight is 256 g/mol. The van der Waals surface area contributed by atoms with E-state index in [4.69, 9.17) is 0 Å². The fourth-order valence-electron chi connectivity index (χ4n) is 1.90. The third-order valence-corrected chi connectivity index (χ3v) is 2.69. The molecule has 0 unspecified atom stereocenters. The normalized spacial score (nSPS) is 10.9. The summed E-state index contributed by atoms with van der Waals surface area (Å²) in [6.45, 7) is 14.5. The van der Waals surface area contributed by atoms with Crippen LogP contribution in [0.15, 0.2) is 0 Å². The van der Waals surface area contributed by atoms with Crippen LogP contribution in [0.25, 0.3) is 0 Å². The van der Waals surface area contributed by atoms with Gasteiger partial charge in [0, 0.05) is 26.2 Å². The van der Waals surface area contributed by atoms with Gasteiger partial charge in [-0.25, -0.2) is 0 Å². The molecule has 0 saturated heterocycles.